The quantitative estimate of drug-likeness (QED) is 0.540. The molecule has 0 bridgehead atoms. The van der Waals surface area contributed by atoms with E-state index in [-0.39, 0.29) is 23.3 Å². The van der Waals surface area contributed by atoms with Gasteiger partial charge in [-0.2, -0.15) is 0 Å². The average Bonchev–Trinajstić information content (AvgIpc) is 2.64. The molecule has 0 aromatic carbocycles. The van der Waals surface area contributed by atoms with Gasteiger partial charge in [0.05, 0.1) is 24.0 Å². The Bertz CT molecular complexity index is 344. The number of rotatable bonds is 7. The highest BCUT2D eigenvalue weighted by Crippen LogP contribution is 2.18. The van der Waals surface area contributed by atoms with Crippen LogP contribution in [0.5, 0.6) is 0 Å². The standard InChI is InChI=1S/C10H18BrNO4S/c11-3-6-16-5-1-4-12-10(13)9-2-7-17(14,15)8-9/h9H,1-8H2,(H,12,13). The molecule has 7 heteroatoms. The topological polar surface area (TPSA) is 72.5 Å². The van der Waals surface area contributed by atoms with Crippen LogP contribution in [0.3, 0.4) is 0 Å². The SMILES string of the molecule is O=C(NCCCOCCBr)C1CCS(=O)(=O)C1. The molecule has 1 amide bonds. The Kier molecular flexibility index (Phi) is 6.43. The summed E-state index contributed by atoms with van der Waals surface area (Å²) in [5, 5.41) is 3.55. The molecule has 1 aliphatic heterocycles. The normalized spacial score (nSPS) is 22.5. The van der Waals surface area contributed by atoms with Crippen LogP contribution in [0.1, 0.15) is 12.8 Å². The Morgan fingerprint density at radius 1 is 1.41 bits per heavy atom. The van der Waals surface area contributed by atoms with Gasteiger partial charge in [-0.3, -0.25) is 4.79 Å². The van der Waals surface area contributed by atoms with Gasteiger partial charge in [0.2, 0.25) is 5.91 Å². The molecule has 1 atom stereocenters. The molecule has 0 spiro atoms. The second kappa shape index (κ2) is 7.33. The summed E-state index contributed by atoms with van der Waals surface area (Å²) in [6, 6.07) is 0. The van der Waals surface area contributed by atoms with Gasteiger partial charge in [-0.15, -0.1) is 0 Å². The van der Waals surface area contributed by atoms with Crippen molar-refractivity contribution in [2.45, 2.75) is 12.8 Å². The molecule has 1 N–H and O–H groups in total. The zero-order valence-electron chi connectivity index (χ0n) is 9.65. The number of amides is 1. The number of hydrogen-bond acceptors (Lipinski definition) is 4. The van der Waals surface area contributed by atoms with E-state index in [9.17, 15) is 13.2 Å². The van der Waals surface area contributed by atoms with E-state index < -0.39 is 9.84 Å². The Labute approximate surface area is 110 Å². The van der Waals surface area contributed by atoms with Crippen LogP contribution in [0.4, 0.5) is 0 Å². The first-order chi connectivity index (χ1) is 8.05. The molecule has 0 aromatic heterocycles. The molecule has 0 radical (unpaired) electrons. The van der Waals surface area contributed by atoms with Crippen molar-refractivity contribution in [3.63, 3.8) is 0 Å². The van der Waals surface area contributed by atoms with Crippen LogP contribution in [-0.2, 0) is 19.4 Å². The number of halogens is 1. The van der Waals surface area contributed by atoms with E-state index in [4.69, 9.17) is 4.74 Å². The molecule has 1 fully saturated rings. The predicted molar refractivity (Wildman–Crippen MR) is 69.0 cm³/mol. The molecule has 17 heavy (non-hydrogen) atoms. The first-order valence-electron chi connectivity index (χ1n) is 5.67. The van der Waals surface area contributed by atoms with Crippen molar-refractivity contribution in [1.29, 1.82) is 0 Å². The van der Waals surface area contributed by atoms with Gasteiger partial charge < -0.3 is 10.1 Å². The second-order valence-corrected chi connectivity index (χ2v) is 7.07. The third-order valence-corrected chi connectivity index (χ3v) is 4.68. The van der Waals surface area contributed by atoms with Crippen LogP contribution in [-0.4, -0.2) is 50.9 Å². The summed E-state index contributed by atoms with van der Waals surface area (Å²) < 4.78 is 27.6. The van der Waals surface area contributed by atoms with E-state index >= 15 is 0 Å². The van der Waals surface area contributed by atoms with Crippen LogP contribution in [0.15, 0.2) is 0 Å². The largest absolute Gasteiger partial charge is 0.381 e. The first kappa shape index (κ1) is 14.9. The number of alkyl halides is 1. The fourth-order valence-electron chi connectivity index (χ4n) is 1.69. The average molecular weight is 328 g/mol. The maximum atomic E-state index is 11.6. The maximum Gasteiger partial charge on any atom is 0.224 e. The summed E-state index contributed by atoms with van der Waals surface area (Å²) in [7, 11) is -2.97. The van der Waals surface area contributed by atoms with E-state index in [0.717, 1.165) is 11.8 Å². The van der Waals surface area contributed by atoms with E-state index in [1.165, 1.54) is 0 Å². The lowest BCUT2D eigenvalue weighted by Crippen LogP contribution is -2.32. The highest BCUT2D eigenvalue weighted by molar-refractivity contribution is 9.09. The molecule has 100 valence electrons. The third-order valence-electron chi connectivity index (χ3n) is 2.59. The monoisotopic (exact) mass is 327 g/mol. The van der Waals surface area contributed by atoms with Crippen molar-refractivity contribution in [2.75, 3.05) is 36.6 Å². The minimum atomic E-state index is -2.97. The van der Waals surface area contributed by atoms with E-state index in [2.05, 4.69) is 21.2 Å². The minimum Gasteiger partial charge on any atom is -0.381 e. The number of hydrogen-bond donors (Lipinski definition) is 1. The van der Waals surface area contributed by atoms with Gasteiger partial charge in [-0.25, -0.2) is 8.42 Å². The lowest BCUT2D eigenvalue weighted by atomic mass is 10.1. The number of ether oxygens (including phenoxy) is 1. The van der Waals surface area contributed by atoms with Crippen molar-refractivity contribution in [2.24, 2.45) is 5.92 Å². The molecular formula is C10H18BrNO4S. The molecule has 5 nitrogen and oxygen atoms in total. The Hall–Kier alpha value is -0.140. The molecule has 1 unspecified atom stereocenters. The van der Waals surface area contributed by atoms with E-state index in [0.29, 0.717) is 26.2 Å². The molecule has 1 heterocycles. The second-order valence-electron chi connectivity index (χ2n) is 4.05. The van der Waals surface area contributed by atoms with Crippen molar-refractivity contribution in [3.05, 3.63) is 0 Å². The number of sulfone groups is 1. The van der Waals surface area contributed by atoms with Gasteiger partial charge >= 0.3 is 0 Å². The summed E-state index contributed by atoms with van der Waals surface area (Å²) in [5.74, 6) is -0.367. The van der Waals surface area contributed by atoms with Gasteiger partial charge in [-0.05, 0) is 12.8 Å². The molecule has 0 aromatic rings. The van der Waals surface area contributed by atoms with Crippen molar-refractivity contribution >= 4 is 31.7 Å². The van der Waals surface area contributed by atoms with Crippen molar-refractivity contribution < 1.29 is 17.9 Å². The summed E-state index contributed by atoms with van der Waals surface area (Å²) in [6.07, 6.45) is 1.20. The van der Waals surface area contributed by atoms with Crippen LogP contribution < -0.4 is 5.32 Å². The molecule has 1 saturated heterocycles. The highest BCUT2D eigenvalue weighted by atomic mass is 79.9. The number of nitrogens with one attached hydrogen (secondary N) is 1. The van der Waals surface area contributed by atoms with Gasteiger partial charge in [-0.1, -0.05) is 15.9 Å². The first-order valence-corrected chi connectivity index (χ1v) is 8.61. The van der Waals surface area contributed by atoms with Crippen molar-refractivity contribution in [1.82, 2.24) is 5.32 Å². The Balaban J connectivity index is 2.10. The van der Waals surface area contributed by atoms with Gasteiger partial charge in [0.1, 0.15) is 0 Å². The zero-order chi connectivity index (χ0) is 12.7. The van der Waals surface area contributed by atoms with Gasteiger partial charge in [0.15, 0.2) is 9.84 Å². The van der Waals surface area contributed by atoms with Crippen LogP contribution in [0, 0.1) is 5.92 Å². The van der Waals surface area contributed by atoms with E-state index in [1.54, 1.807) is 0 Å². The lowest BCUT2D eigenvalue weighted by molar-refractivity contribution is -0.124. The number of carbonyl (C=O) groups excluding carboxylic acids is 1. The summed E-state index contributed by atoms with van der Waals surface area (Å²) in [5.41, 5.74) is 0. The fraction of sp³-hybridized carbons (Fsp3) is 0.900. The van der Waals surface area contributed by atoms with Crippen LogP contribution in [0.25, 0.3) is 0 Å². The molecule has 1 rings (SSSR count). The fourth-order valence-corrected chi connectivity index (χ4v) is 3.66. The van der Waals surface area contributed by atoms with E-state index in [1.807, 2.05) is 0 Å². The zero-order valence-corrected chi connectivity index (χ0v) is 12.1. The lowest BCUT2D eigenvalue weighted by Gasteiger charge is -2.09. The van der Waals surface area contributed by atoms with Gasteiger partial charge in [0, 0.05) is 18.5 Å². The van der Waals surface area contributed by atoms with Gasteiger partial charge in [0.25, 0.3) is 0 Å². The molecule has 1 aliphatic rings. The Morgan fingerprint density at radius 2 is 2.18 bits per heavy atom. The van der Waals surface area contributed by atoms with Crippen LogP contribution >= 0.6 is 15.9 Å². The molecule has 0 saturated carbocycles. The van der Waals surface area contributed by atoms with Crippen LogP contribution in [0.2, 0.25) is 0 Å². The summed E-state index contributed by atoms with van der Waals surface area (Å²) in [4.78, 5) is 11.6. The summed E-state index contributed by atoms with van der Waals surface area (Å²) in [6.45, 7) is 1.81. The van der Waals surface area contributed by atoms with Crippen molar-refractivity contribution in [3.8, 4) is 0 Å². The smallest absolute Gasteiger partial charge is 0.224 e. The minimum absolute atomic E-state index is 0.00107. The molecule has 0 aliphatic carbocycles. The summed E-state index contributed by atoms with van der Waals surface area (Å²) >= 11 is 3.25. The maximum absolute atomic E-state index is 11.6. The molecular weight excluding hydrogens is 310 g/mol. The third kappa shape index (κ3) is 5.83. The highest BCUT2D eigenvalue weighted by Gasteiger charge is 2.32. The number of carbonyl (C=O) groups is 1. The Morgan fingerprint density at radius 3 is 2.76 bits per heavy atom. The predicted octanol–water partition coefficient (Wildman–Crippen LogP) is 0.339.